The zero-order valence-electron chi connectivity index (χ0n) is 11.7. The number of hydrogen-bond acceptors (Lipinski definition) is 4. The predicted molar refractivity (Wildman–Crippen MR) is 72.8 cm³/mol. The van der Waals surface area contributed by atoms with Crippen LogP contribution in [0.1, 0.15) is 35.9 Å². The highest BCUT2D eigenvalue weighted by atomic mass is 35.5. The van der Waals surface area contributed by atoms with Crippen molar-refractivity contribution in [3.8, 4) is 0 Å². The van der Waals surface area contributed by atoms with Gasteiger partial charge in [-0.25, -0.2) is 4.79 Å². The molecule has 0 aromatic carbocycles. The number of urea groups is 1. The van der Waals surface area contributed by atoms with E-state index < -0.39 is 36.4 Å². The summed E-state index contributed by atoms with van der Waals surface area (Å²) in [5.41, 5.74) is 0.746. The van der Waals surface area contributed by atoms with Crippen molar-refractivity contribution >= 4 is 23.5 Å². The molecule has 2 aliphatic rings. The maximum absolute atomic E-state index is 12.4. The molecule has 0 bridgehead atoms. The van der Waals surface area contributed by atoms with Gasteiger partial charge in [0.05, 0.1) is 11.6 Å². The van der Waals surface area contributed by atoms with E-state index in [4.69, 9.17) is 11.6 Å². The van der Waals surface area contributed by atoms with Crippen molar-refractivity contribution in [2.45, 2.75) is 30.9 Å². The first-order valence-electron chi connectivity index (χ1n) is 6.93. The van der Waals surface area contributed by atoms with Crippen LogP contribution in [0.5, 0.6) is 0 Å². The third-order valence-corrected chi connectivity index (χ3v) is 4.28. The Hall–Kier alpha value is -1.90. The van der Waals surface area contributed by atoms with Crippen LogP contribution in [0.4, 0.5) is 18.0 Å². The highest BCUT2D eigenvalue weighted by Crippen LogP contribution is 2.53. The van der Waals surface area contributed by atoms with E-state index in [0.717, 1.165) is 0 Å². The van der Waals surface area contributed by atoms with E-state index >= 15 is 0 Å². The minimum Gasteiger partial charge on any atom is -0.337 e. The first-order chi connectivity index (χ1) is 10.7. The van der Waals surface area contributed by atoms with Gasteiger partial charge < -0.3 is 5.32 Å². The van der Waals surface area contributed by atoms with E-state index in [2.05, 4.69) is 20.8 Å². The van der Waals surface area contributed by atoms with E-state index in [9.17, 15) is 22.8 Å². The van der Waals surface area contributed by atoms with Gasteiger partial charge in [-0.05, 0) is 29.9 Å². The molecule has 23 heavy (non-hydrogen) atoms. The molecule has 10 heteroatoms. The first-order valence-corrected chi connectivity index (χ1v) is 7.31. The van der Waals surface area contributed by atoms with Crippen LogP contribution in [0.15, 0.2) is 6.07 Å². The molecule has 2 heterocycles. The fraction of sp³-hybridized carbons (Fsp3) is 0.538. The molecule has 1 saturated carbocycles. The molecule has 1 aromatic rings. The van der Waals surface area contributed by atoms with Gasteiger partial charge in [-0.1, -0.05) is 11.6 Å². The number of nitrogens with one attached hydrogen (secondary N) is 2. The molecule has 1 saturated heterocycles. The minimum atomic E-state index is -4.22. The predicted octanol–water partition coefficient (Wildman–Crippen LogP) is 2.11. The summed E-state index contributed by atoms with van der Waals surface area (Å²) >= 11 is 5.94. The molecule has 1 aromatic heterocycles. The molecular formula is C13H12ClF3N4O2. The van der Waals surface area contributed by atoms with Gasteiger partial charge in [0.2, 0.25) is 5.91 Å². The van der Waals surface area contributed by atoms with Gasteiger partial charge >= 0.3 is 12.2 Å². The SMILES string of the molecule is O=C1NCC(c2cc([C@@H]3C[C@H]3CC(F)(F)F)c(Cl)nn2)C(=O)N1. The lowest BCUT2D eigenvalue weighted by Crippen LogP contribution is -2.51. The number of imide groups is 1. The maximum atomic E-state index is 12.4. The molecular weight excluding hydrogens is 337 g/mol. The van der Waals surface area contributed by atoms with Gasteiger partial charge in [0.25, 0.3) is 0 Å². The fourth-order valence-corrected chi connectivity index (χ4v) is 2.99. The van der Waals surface area contributed by atoms with Crippen LogP contribution in [0.25, 0.3) is 0 Å². The molecule has 1 unspecified atom stereocenters. The van der Waals surface area contributed by atoms with Gasteiger partial charge in [0.1, 0.15) is 0 Å². The zero-order chi connectivity index (χ0) is 16.8. The van der Waals surface area contributed by atoms with Crippen LogP contribution in [0.2, 0.25) is 5.15 Å². The zero-order valence-corrected chi connectivity index (χ0v) is 12.4. The molecule has 2 fully saturated rings. The normalized spacial score (nSPS) is 27.4. The van der Waals surface area contributed by atoms with Crippen molar-refractivity contribution in [3.63, 3.8) is 0 Å². The summed E-state index contributed by atoms with van der Waals surface area (Å²) in [7, 11) is 0. The van der Waals surface area contributed by atoms with Crippen LogP contribution >= 0.6 is 11.6 Å². The lowest BCUT2D eigenvalue weighted by molar-refractivity contribution is -0.138. The molecule has 2 N–H and O–H groups in total. The second-order valence-electron chi connectivity index (χ2n) is 5.69. The minimum absolute atomic E-state index is 0.0451. The second kappa shape index (κ2) is 5.63. The lowest BCUT2D eigenvalue weighted by Gasteiger charge is -2.21. The summed E-state index contributed by atoms with van der Waals surface area (Å²) in [6, 6.07) is 0.916. The number of carbonyl (C=O) groups excluding carboxylic acids is 2. The number of nitrogens with zero attached hydrogens (tertiary/aromatic N) is 2. The van der Waals surface area contributed by atoms with E-state index in [1.54, 1.807) is 0 Å². The summed E-state index contributed by atoms with van der Waals surface area (Å²) in [4.78, 5) is 22.9. The number of carbonyl (C=O) groups is 2. The maximum Gasteiger partial charge on any atom is 0.389 e. The Bertz CT molecular complexity index is 667. The molecule has 3 atom stereocenters. The molecule has 3 amide bonds. The highest BCUT2D eigenvalue weighted by Gasteiger charge is 2.47. The Morgan fingerprint density at radius 1 is 1.30 bits per heavy atom. The number of aromatic nitrogens is 2. The van der Waals surface area contributed by atoms with Gasteiger partial charge in [-0.2, -0.15) is 18.3 Å². The van der Waals surface area contributed by atoms with Crippen molar-refractivity contribution in [1.29, 1.82) is 0 Å². The van der Waals surface area contributed by atoms with Crippen LogP contribution in [-0.4, -0.2) is 34.9 Å². The summed E-state index contributed by atoms with van der Waals surface area (Å²) in [5, 5.41) is 12.2. The van der Waals surface area contributed by atoms with Crippen molar-refractivity contribution in [1.82, 2.24) is 20.8 Å². The number of hydrogen-bond donors (Lipinski definition) is 2. The smallest absolute Gasteiger partial charge is 0.337 e. The van der Waals surface area contributed by atoms with E-state index in [1.807, 2.05) is 0 Å². The molecule has 124 valence electrons. The average molecular weight is 349 g/mol. The van der Waals surface area contributed by atoms with Crippen LogP contribution in [-0.2, 0) is 4.79 Å². The third-order valence-electron chi connectivity index (χ3n) is 3.99. The van der Waals surface area contributed by atoms with E-state index in [1.165, 1.54) is 6.07 Å². The highest BCUT2D eigenvalue weighted by molar-refractivity contribution is 6.30. The Morgan fingerprint density at radius 2 is 2.04 bits per heavy atom. The standard InChI is InChI=1S/C13H12ClF3N4O2/c14-10-7(6-1-5(6)3-13(15,16)17)2-9(20-21-10)8-4-18-12(23)19-11(8)22/h2,5-6,8H,1,3-4H2,(H2,18,19,22,23)/t5-,6+,8?/m0/s1. The molecule has 6 nitrogen and oxygen atoms in total. The van der Waals surface area contributed by atoms with E-state index in [-0.39, 0.29) is 23.3 Å². The van der Waals surface area contributed by atoms with Gasteiger partial charge in [0, 0.05) is 13.0 Å². The molecule has 0 radical (unpaired) electrons. The van der Waals surface area contributed by atoms with Gasteiger partial charge in [-0.3, -0.25) is 10.1 Å². The van der Waals surface area contributed by atoms with Crippen molar-refractivity contribution < 1.29 is 22.8 Å². The van der Waals surface area contributed by atoms with Crippen LogP contribution in [0.3, 0.4) is 0 Å². The van der Waals surface area contributed by atoms with Gasteiger partial charge in [-0.15, -0.1) is 5.10 Å². The second-order valence-corrected chi connectivity index (χ2v) is 6.05. The molecule has 3 rings (SSSR count). The summed E-state index contributed by atoms with van der Waals surface area (Å²) < 4.78 is 37.3. The summed E-state index contributed by atoms with van der Waals surface area (Å²) in [6.45, 7) is 0.0526. The Kier molecular flexibility index (Phi) is 3.91. The average Bonchev–Trinajstić information content (AvgIpc) is 3.16. The van der Waals surface area contributed by atoms with Gasteiger partial charge in [0.15, 0.2) is 5.15 Å². The van der Waals surface area contributed by atoms with Crippen molar-refractivity contribution in [2.75, 3.05) is 6.54 Å². The monoisotopic (exact) mass is 348 g/mol. The quantitative estimate of drug-likeness (QED) is 0.876. The molecule has 1 aliphatic heterocycles. The van der Waals surface area contributed by atoms with E-state index in [0.29, 0.717) is 12.0 Å². The number of alkyl halides is 3. The van der Waals surface area contributed by atoms with Crippen molar-refractivity contribution in [3.05, 3.63) is 22.5 Å². The summed E-state index contributed by atoms with van der Waals surface area (Å²) in [5.74, 6) is -2.13. The Labute approximate surface area is 133 Å². The number of amides is 3. The third kappa shape index (κ3) is 3.54. The largest absolute Gasteiger partial charge is 0.389 e. The molecule has 1 aliphatic carbocycles. The lowest BCUT2D eigenvalue weighted by atomic mass is 10.00. The first kappa shape index (κ1) is 16.0. The Balaban J connectivity index is 1.78. The topological polar surface area (TPSA) is 84.0 Å². The molecule has 0 spiro atoms. The van der Waals surface area contributed by atoms with Crippen LogP contribution in [0, 0.1) is 5.92 Å². The summed E-state index contributed by atoms with van der Waals surface area (Å²) in [6.07, 6.45) is -4.72. The number of halogens is 4. The Morgan fingerprint density at radius 3 is 2.70 bits per heavy atom. The fourth-order valence-electron chi connectivity index (χ4n) is 2.76. The van der Waals surface area contributed by atoms with Crippen LogP contribution < -0.4 is 10.6 Å². The van der Waals surface area contributed by atoms with Crippen molar-refractivity contribution in [2.24, 2.45) is 5.92 Å². The number of rotatable bonds is 3.